The number of halogens is 1. The van der Waals surface area contributed by atoms with Crippen LogP contribution in [0.15, 0.2) is 0 Å². The number of hydrogen-bond donors (Lipinski definition) is 1. The van der Waals surface area contributed by atoms with Crippen molar-refractivity contribution < 1.29 is 4.79 Å². The summed E-state index contributed by atoms with van der Waals surface area (Å²) in [6, 6.07) is 0.258. The Hall–Kier alpha value is -0.280. The van der Waals surface area contributed by atoms with Gasteiger partial charge in [-0.1, -0.05) is 13.8 Å². The van der Waals surface area contributed by atoms with Gasteiger partial charge in [0.05, 0.1) is 0 Å². The van der Waals surface area contributed by atoms with Crippen LogP contribution in [0.1, 0.15) is 39.5 Å². The van der Waals surface area contributed by atoms with E-state index in [0.29, 0.717) is 18.2 Å². The summed E-state index contributed by atoms with van der Waals surface area (Å²) in [6.07, 6.45) is 3.41. The Kier molecular flexibility index (Phi) is 9.56. The highest BCUT2D eigenvalue weighted by Gasteiger charge is 2.14. The van der Waals surface area contributed by atoms with Gasteiger partial charge in [0.1, 0.15) is 0 Å². The Bertz CT molecular complexity index is 198. The molecule has 3 nitrogen and oxygen atoms in total. The Morgan fingerprint density at radius 1 is 1.29 bits per heavy atom. The summed E-state index contributed by atoms with van der Waals surface area (Å²) in [7, 11) is 4.07. The highest BCUT2D eigenvalue weighted by Crippen LogP contribution is 2.06. The molecule has 0 bridgehead atoms. The second-order valence-corrected chi connectivity index (χ2v) is 5.68. The van der Waals surface area contributed by atoms with Crippen molar-refractivity contribution in [1.29, 1.82) is 0 Å². The van der Waals surface area contributed by atoms with Gasteiger partial charge in [0, 0.05) is 24.9 Å². The summed E-state index contributed by atoms with van der Waals surface area (Å²) in [5.74, 6) is 1.39. The van der Waals surface area contributed by atoms with Gasteiger partial charge in [0.15, 0.2) is 0 Å². The third kappa shape index (κ3) is 10.6. The number of alkyl halides is 1. The van der Waals surface area contributed by atoms with Gasteiger partial charge in [-0.2, -0.15) is 0 Å². The average molecular weight is 263 g/mol. The zero-order valence-electron chi connectivity index (χ0n) is 11.6. The van der Waals surface area contributed by atoms with Gasteiger partial charge in [-0.25, -0.2) is 0 Å². The van der Waals surface area contributed by atoms with Crippen LogP contribution >= 0.6 is 11.6 Å². The molecule has 0 spiro atoms. The molecule has 17 heavy (non-hydrogen) atoms. The highest BCUT2D eigenvalue weighted by molar-refractivity contribution is 6.17. The van der Waals surface area contributed by atoms with Gasteiger partial charge >= 0.3 is 0 Å². The molecule has 0 rings (SSSR count). The van der Waals surface area contributed by atoms with E-state index in [9.17, 15) is 4.79 Å². The van der Waals surface area contributed by atoms with Crippen molar-refractivity contribution in [3.8, 4) is 0 Å². The van der Waals surface area contributed by atoms with E-state index >= 15 is 0 Å². The van der Waals surface area contributed by atoms with Gasteiger partial charge < -0.3 is 10.2 Å². The molecule has 0 saturated carbocycles. The molecule has 0 aromatic carbocycles. The van der Waals surface area contributed by atoms with E-state index < -0.39 is 0 Å². The molecule has 1 amide bonds. The molecule has 4 heteroatoms. The average Bonchev–Trinajstić information content (AvgIpc) is 2.15. The van der Waals surface area contributed by atoms with Crippen LogP contribution in [0.5, 0.6) is 0 Å². The van der Waals surface area contributed by atoms with Crippen LogP contribution in [-0.2, 0) is 4.79 Å². The summed E-state index contributed by atoms with van der Waals surface area (Å²) in [5, 5.41) is 3.11. The number of rotatable bonds is 9. The summed E-state index contributed by atoms with van der Waals surface area (Å²) >= 11 is 5.59. The number of likely N-dealkylation sites (N-methyl/N-ethyl adjacent to an activating group) is 1. The van der Waals surface area contributed by atoms with Crippen LogP contribution in [0.3, 0.4) is 0 Å². The zero-order chi connectivity index (χ0) is 13.3. The van der Waals surface area contributed by atoms with E-state index in [2.05, 4.69) is 24.1 Å². The normalized spacial score (nSPS) is 13.1. The van der Waals surface area contributed by atoms with Crippen LogP contribution in [0.2, 0.25) is 0 Å². The molecule has 0 fully saturated rings. The van der Waals surface area contributed by atoms with Crippen molar-refractivity contribution >= 4 is 17.5 Å². The largest absolute Gasteiger partial charge is 0.352 e. The van der Waals surface area contributed by atoms with Gasteiger partial charge in [-0.3, -0.25) is 4.79 Å². The van der Waals surface area contributed by atoms with Crippen molar-refractivity contribution in [3.05, 3.63) is 0 Å². The Morgan fingerprint density at radius 2 is 1.94 bits per heavy atom. The van der Waals surface area contributed by atoms with Crippen LogP contribution < -0.4 is 5.32 Å². The second kappa shape index (κ2) is 9.72. The molecule has 0 aromatic rings. The standard InChI is InChI=1S/C13H27ClN2O/c1-11(2)9-12(10-16(3)4)15-13(17)7-5-6-8-14/h11-12H,5-10H2,1-4H3,(H,15,17). The molecule has 0 radical (unpaired) electrons. The predicted octanol–water partition coefficient (Wildman–Crippen LogP) is 2.49. The van der Waals surface area contributed by atoms with Crippen LogP contribution in [0.25, 0.3) is 0 Å². The van der Waals surface area contributed by atoms with E-state index in [1.165, 1.54) is 0 Å². The number of amides is 1. The zero-order valence-corrected chi connectivity index (χ0v) is 12.4. The lowest BCUT2D eigenvalue weighted by Gasteiger charge is -2.24. The third-order valence-electron chi connectivity index (χ3n) is 2.49. The van der Waals surface area contributed by atoms with E-state index in [-0.39, 0.29) is 11.9 Å². The van der Waals surface area contributed by atoms with Crippen molar-refractivity contribution in [3.63, 3.8) is 0 Å². The fraction of sp³-hybridized carbons (Fsp3) is 0.923. The molecule has 102 valence electrons. The SMILES string of the molecule is CC(C)CC(CN(C)C)NC(=O)CCCCCl. The molecule has 1 atom stereocenters. The minimum absolute atomic E-state index is 0.155. The first-order chi connectivity index (χ1) is 7.95. The summed E-state index contributed by atoms with van der Waals surface area (Å²) in [5.41, 5.74) is 0. The molecule has 0 aliphatic rings. The number of hydrogen-bond acceptors (Lipinski definition) is 2. The van der Waals surface area contributed by atoms with Crippen molar-refractivity contribution in [2.45, 2.75) is 45.6 Å². The second-order valence-electron chi connectivity index (χ2n) is 5.30. The lowest BCUT2D eigenvalue weighted by molar-refractivity contribution is -0.122. The Labute approximate surface area is 111 Å². The van der Waals surface area contributed by atoms with Gasteiger partial charge in [0.2, 0.25) is 5.91 Å². The van der Waals surface area contributed by atoms with Crippen LogP contribution in [-0.4, -0.2) is 43.4 Å². The fourth-order valence-electron chi connectivity index (χ4n) is 1.87. The minimum atomic E-state index is 0.155. The lowest BCUT2D eigenvalue weighted by Crippen LogP contribution is -2.42. The quantitative estimate of drug-likeness (QED) is 0.512. The van der Waals surface area contributed by atoms with Gasteiger partial charge in [-0.15, -0.1) is 11.6 Å². The number of nitrogens with zero attached hydrogens (tertiary/aromatic N) is 1. The van der Waals surface area contributed by atoms with Gasteiger partial charge in [0.25, 0.3) is 0 Å². The Morgan fingerprint density at radius 3 is 2.41 bits per heavy atom. The highest BCUT2D eigenvalue weighted by atomic mass is 35.5. The van der Waals surface area contributed by atoms with E-state index in [1.54, 1.807) is 0 Å². The van der Waals surface area contributed by atoms with Crippen molar-refractivity contribution in [2.75, 3.05) is 26.5 Å². The maximum Gasteiger partial charge on any atom is 0.220 e. The number of carbonyl (C=O) groups is 1. The maximum absolute atomic E-state index is 11.7. The van der Waals surface area contributed by atoms with Crippen LogP contribution in [0, 0.1) is 5.92 Å². The first kappa shape index (κ1) is 16.7. The lowest BCUT2D eigenvalue weighted by atomic mass is 10.0. The molecule has 1 N–H and O–H groups in total. The van der Waals surface area contributed by atoms with Gasteiger partial charge in [-0.05, 0) is 39.3 Å². The van der Waals surface area contributed by atoms with Crippen LogP contribution in [0.4, 0.5) is 0 Å². The smallest absolute Gasteiger partial charge is 0.220 e. The summed E-state index contributed by atoms with van der Waals surface area (Å²) < 4.78 is 0. The molecular weight excluding hydrogens is 236 g/mol. The van der Waals surface area contributed by atoms with E-state index in [1.807, 2.05) is 14.1 Å². The monoisotopic (exact) mass is 262 g/mol. The number of unbranched alkanes of at least 4 members (excludes halogenated alkanes) is 1. The molecule has 0 heterocycles. The topological polar surface area (TPSA) is 32.3 Å². The number of carbonyl (C=O) groups excluding carboxylic acids is 1. The third-order valence-corrected chi connectivity index (χ3v) is 2.76. The first-order valence-corrected chi connectivity index (χ1v) is 6.99. The number of nitrogens with one attached hydrogen (secondary N) is 1. The summed E-state index contributed by atoms with van der Waals surface area (Å²) in [6.45, 7) is 5.27. The molecule has 1 unspecified atom stereocenters. The van der Waals surface area contributed by atoms with E-state index in [0.717, 1.165) is 25.8 Å². The molecule has 0 aliphatic carbocycles. The summed E-state index contributed by atoms with van der Waals surface area (Å²) in [4.78, 5) is 13.8. The maximum atomic E-state index is 11.7. The van der Waals surface area contributed by atoms with Crippen molar-refractivity contribution in [2.24, 2.45) is 5.92 Å². The minimum Gasteiger partial charge on any atom is -0.352 e. The van der Waals surface area contributed by atoms with E-state index in [4.69, 9.17) is 11.6 Å². The fourth-order valence-corrected chi connectivity index (χ4v) is 2.06. The van der Waals surface area contributed by atoms with Crippen molar-refractivity contribution in [1.82, 2.24) is 10.2 Å². The first-order valence-electron chi connectivity index (χ1n) is 6.45. The molecule has 0 saturated heterocycles. The Balaban J connectivity index is 3.99. The molecule has 0 aliphatic heterocycles. The molecular formula is C13H27ClN2O. The predicted molar refractivity (Wildman–Crippen MR) is 74.5 cm³/mol. The molecule has 0 aromatic heterocycles.